The zero-order valence-corrected chi connectivity index (χ0v) is 12.0. The molecule has 0 bridgehead atoms. The smallest absolute Gasteiger partial charge is 0.326 e. The van der Waals surface area contributed by atoms with Gasteiger partial charge in [0.25, 0.3) is 0 Å². The Morgan fingerprint density at radius 1 is 1.37 bits per heavy atom. The summed E-state index contributed by atoms with van der Waals surface area (Å²) < 4.78 is 5.57. The summed E-state index contributed by atoms with van der Waals surface area (Å²) in [5, 5.41) is 11.5. The molecule has 0 aromatic rings. The van der Waals surface area contributed by atoms with Gasteiger partial charge in [-0.05, 0) is 24.7 Å². The number of amides is 1. The van der Waals surface area contributed by atoms with Gasteiger partial charge in [0.1, 0.15) is 12.6 Å². The summed E-state index contributed by atoms with van der Waals surface area (Å²) in [6.45, 7) is 5.67. The standard InChI is InChI=1S/C14H25NO4/c1-9(2)13(14(17)18)15-12(16)8-19-11-6-4-5-10(3)7-11/h9-11,13H,4-8H2,1-3H3,(H,15,16)(H,17,18)/t10-,11+,13+/m1/s1. The number of nitrogens with one attached hydrogen (secondary N) is 1. The molecule has 0 saturated heterocycles. The molecule has 0 aromatic heterocycles. The van der Waals surface area contributed by atoms with Crippen LogP contribution < -0.4 is 5.32 Å². The summed E-state index contributed by atoms with van der Waals surface area (Å²) >= 11 is 0. The largest absolute Gasteiger partial charge is 0.480 e. The van der Waals surface area contributed by atoms with Gasteiger partial charge in [-0.1, -0.05) is 33.6 Å². The molecule has 5 heteroatoms. The van der Waals surface area contributed by atoms with Gasteiger partial charge in [-0.25, -0.2) is 4.79 Å². The third kappa shape index (κ3) is 5.59. The maximum Gasteiger partial charge on any atom is 0.326 e. The van der Waals surface area contributed by atoms with E-state index in [-0.39, 0.29) is 24.5 Å². The quantitative estimate of drug-likeness (QED) is 0.772. The van der Waals surface area contributed by atoms with Crippen molar-refractivity contribution in [3.8, 4) is 0 Å². The second kappa shape index (κ2) is 7.48. The molecule has 0 aliphatic heterocycles. The fourth-order valence-electron chi connectivity index (χ4n) is 2.45. The first kappa shape index (κ1) is 16.0. The number of carbonyl (C=O) groups is 2. The van der Waals surface area contributed by atoms with Crippen LogP contribution in [0.1, 0.15) is 46.5 Å². The Morgan fingerprint density at radius 3 is 2.58 bits per heavy atom. The lowest BCUT2D eigenvalue weighted by molar-refractivity contribution is -0.144. The van der Waals surface area contributed by atoms with E-state index in [2.05, 4.69) is 12.2 Å². The summed E-state index contributed by atoms with van der Waals surface area (Å²) in [7, 11) is 0. The topological polar surface area (TPSA) is 75.6 Å². The van der Waals surface area contributed by atoms with Crippen LogP contribution in [0.2, 0.25) is 0 Å². The van der Waals surface area contributed by atoms with E-state index in [4.69, 9.17) is 9.84 Å². The van der Waals surface area contributed by atoms with Crippen molar-refractivity contribution in [3.05, 3.63) is 0 Å². The molecule has 1 amide bonds. The van der Waals surface area contributed by atoms with E-state index in [9.17, 15) is 9.59 Å². The second-order valence-electron chi connectivity index (χ2n) is 5.83. The zero-order chi connectivity index (χ0) is 14.4. The summed E-state index contributed by atoms with van der Waals surface area (Å²) in [5.74, 6) is -0.852. The van der Waals surface area contributed by atoms with Crippen LogP contribution in [0.25, 0.3) is 0 Å². The van der Waals surface area contributed by atoms with Gasteiger partial charge in [0, 0.05) is 0 Å². The van der Waals surface area contributed by atoms with Crippen LogP contribution >= 0.6 is 0 Å². The van der Waals surface area contributed by atoms with Gasteiger partial charge in [0.2, 0.25) is 5.91 Å². The second-order valence-corrected chi connectivity index (χ2v) is 5.83. The number of carboxylic acids is 1. The molecular weight excluding hydrogens is 246 g/mol. The molecule has 1 rings (SSSR count). The molecule has 1 aliphatic carbocycles. The van der Waals surface area contributed by atoms with Crippen LogP contribution in [0.5, 0.6) is 0 Å². The zero-order valence-electron chi connectivity index (χ0n) is 12.0. The Hall–Kier alpha value is -1.10. The first-order valence-corrected chi connectivity index (χ1v) is 7.04. The molecule has 1 aliphatic rings. The minimum atomic E-state index is -1.00. The van der Waals surface area contributed by atoms with Crippen LogP contribution in [0, 0.1) is 11.8 Å². The molecule has 110 valence electrons. The maximum atomic E-state index is 11.7. The van der Waals surface area contributed by atoms with E-state index in [1.807, 2.05) is 0 Å². The SMILES string of the molecule is CC(C)[C@H](NC(=O)CO[C@H]1CCC[C@@H](C)C1)C(=O)O. The number of carboxylic acid groups (broad SMARTS) is 1. The summed E-state index contributed by atoms with van der Waals surface area (Å²) in [6.07, 6.45) is 4.47. The van der Waals surface area contributed by atoms with Crippen molar-refractivity contribution in [1.82, 2.24) is 5.32 Å². The highest BCUT2D eigenvalue weighted by Crippen LogP contribution is 2.25. The average Bonchev–Trinajstić information content (AvgIpc) is 2.32. The van der Waals surface area contributed by atoms with Crippen molar-refractivity contribution in [1.29, 1.82) is 0 Å². The predicted octanol–water partition coefficient (Wildman–Crippen LogP) is 1.81. The Bertz CT molecular complexity index is 317. The predicted molar refractivity (Wildman–Crippen MR) is 71.8 cm³/mol. The van der Waals surface area contributed by atoms with Crippen molar-refractivity contribution in [2.24, 2.45) is 11.8 Å². The Balaban J connectivity index is 2.32. The molecule has 0 spiro atoms. The lowest BCUT2D eigenvalue weighted by Gasteiger charge is -2.27. The number of carbonyl (C=O) groups excluding carboxylic acids is 1. The molecule has 5 nitrogen and oxygen atoms in total. The molecule has 0 unspecified atom stereocenters. The first-order valence-electron chi connectivity index (χ1n) is 7.04. The third-order valence-electron chi connectivity index (χ3n) is 3.59. The minimum absolute atomic E-state index is 0.0477. The fraction of sp³-hybridized carbons (Fsp3) is 0.857. The van der Waals surface area contributed by atoms with Crippen molar-refractivity contribution < 1.29 is 19.4 Å². The Kier molecular flexibility index (Phi) is 6.28. The summed E-state index contributed by atoms with van der Waals surface area (Å²) in [6, 6.07) is -0.846. The highest BCUT2D eigenvalue weighted by atomic mass is 16.5. The van der Waals surface area contributed by atoms with Crippen molar-refractivity contribution in [2.45, 2.75) is 58.6 Å². The number of hydrogen-bond donors (Lipinski definition) is 2. The van der Waals surface area contributed by atoms with Crippen LogP contribution in [-0.4, -0.2) is 35.7 Å². The summed E-state index contributed by atoms with van der Waals surface area (Å²) in [4.78, 5) is 22.7. The van der Waals surface area contributed by atoms with Crippen molar-refractivity contribution in [2.75, 3.05) is 6.61 Å². The number of ether oxygens (including phenoxy) is 1. The molecule has 1 saturated carbocycles. The highest BCUT2D eigenvalue weighted by molar-refractivity contribution is 5.84. The Labute approximate surface area is 114 Å². The van der Waals surface area contributed by atoms with Crippen LogP contribution in [-0.2, 0) is 14.3 Å². The van der Waals surface area contributed by atoms with Gasteiger partial charge >= 0.3 is 5.97 Å². The maximum absolute atomic E-state index is 11.7. The van der Waals surface area contributed by atoms with E-state index in [1.165, 1.54) is 6.42 Å². The molecule has 0 heterocycles. The molecule has 0 radical (unpaired) electrons. The van der Waals surface area contributed by atoms with E-state index in [0.717, 1.165) is 19.3 Å². The minimum Gasteiger partial charge on any atom is -0.480 e. The van der Waals surface area contributed by atoms with Crippen LogP contribution in [0.4, 0.5) is 0 Å². The number of hydrogen-bond acceptors (Lipinski definition) is 3. The van der Waals surface area contributed by atoms with Crippen molar-refractivity contribution in [3.63, 3.8) is 0 Å². The molecule has 3 atom stereocenters. The molecule has 2 N–H and O–H groups in total. The molecule has 0 aromatic carbocycles. The monoisotopic (exact) mass is 271 g/mol. The van der Waals surface area contributed by atoms with Gasteiger partial charge in [0.05, 0.1) is 6.10 Å². The fourth-order valence-corrected chi connectivity index (χ4v) is 2.45. The first-order chi connectivity index (χ1) is 8.90. The van der Waals surface area contributed by atoms with Gasteiger partial charge in [0.15, 0.2) is 0 Å². The van der Waals surface area contributed by atoms with Gasteiger partial charge in [-0.3, -0.25) is 4.79 Å². The molecule has 19 heavy (non-hydrogen) atoms. The third-order valence-corrected chi connectivity index (χ3v) is 3.59. The van der Waals surface area contributed by atoms with Crippen molar-refractivity contribution >= 4 is 11.9 Å². The Morgan fingerprint density at radius 2 is 2.05 bits per heavy atom. The van der Waals surface area contributed by atoms with E-state index < -0.39 is 12.0 Å². The van der Waals surface area contributed by atoms with Gasteiger partial charge in [-0.2, -0.15) is 0 Å². The molecular formula is C14H25NO4. The molecule has 1 fully saturated rings. The van der Waals surface area contributed by atoms with E-state index in [1.54, 1.807) is 13.8 Å². The lowest BCUT2D eigenvalue weighted by atomic mass is 9.89. The van der Waals surface area contributed by atoms with E-state index in [0.29, 0.717) is 5.92 Å². The number of aliphatic carboxylic acids is 1. The van der Waals surface area contributed by atoms with Crippen LogP contribution in [0.3, 0.4) is 0 Å². The van der Waals surface area contributed by atoms with Gasteiger partial charge < -0.3 is 15.2 Å². The van der Waals surface area contributed by atoms with E-state index >= 15 is 0 Å². The summed E-state index contributed by atoms with van der Waals surface area (Å²) in [5.41, 5.74) is 0. The lowest BCUT2D eigenvalue weighted by Crippen LogP contribution is -2.46. The van der Waals surface area contributed by atoms with Gasteiger partial charge in [-0.15, -0.1) is 0 Å². The normalized spacial score (nSPS) is 25.1. The number of rotatable bonds is 6. The van der Waals surface area contributed by atoms with Crippen LogP contribution in [0.15, 0.2) is 0 Å². The average molecular weight is 271 g/mol. The highest BCUT2D eigenvalue weighted by Gasteiger charge is 2.24.